The van der Waals surface area contributed by atoms with Crippen molar-refractivity contribution in [1.29, 1.82) is 0 Å². The zero-order valence-corrected chi connectivity index (χ0v) is 13.8. The minimum Gasteiger partial charge on any atom is -0.325 e. The molecule has 0 saturated carbocycles. The first-order chi connectivity index (χ1) is 9.78. The van der Waals surface area contributed by atoms with Crippen molar-refractivity contribution in [3.63, 3.8) is 0 Å². The van der Waals surface area contributed by atoms with E-state index >= 15 is 0 Å². The molecule has 1 aromatic heterocycles. The third-order valence-electron chi connectivity index (χ3n) is 2.35. The Kier molecular flexibility index (Phi) is 4.77. The Morgan fingerprint density at radius 3 is 2.43 bits per heavy atom. The molecule has 0 aliphatic rings. The monoisotopic (exact) mass is 364 g/mol. The summed E-state index contributed by atoms with van der Waals surface area (Å²) in [7, 11) is -3.71. The van der Waals surface area contributed by atoms with Gasteiger partial charge < -0.3 is 5.32 Å². The van der Waals surface area contributed by atoms with Gasteiger partial charge in [0.2, 0.25) is 5.91 Å². The Balaban J connectivity index is 2.24. The van der Waals surface area contributed by atoms with Crippen molar-refractivity contribution >= 4 is 61.8 Å². The Hall–Kier alpha value is -1.28. The molecule has 0 bridgehead atoms. The van der Waals surface area contributed by atoms with Crippen LogP contribution in [0.25, 0.3) is 0 Å². The molecule has 2 aromatic rings. The van der Waals surface area contributed by atoms with Gasteiger partial charge in [0, 0.05) is 6.92 Å². The topological polar surface area (TPSA) is 75.3 Å². The molecular formula is C12H10Cl2N2O3S2. The SMILES string of the molecule is CC(=O)Nc1ccc(NS(=O)(=O)c2ccc(Cl)s2)cc1Cl. The van der Waals surface area contributed by atoms with Crippen LogP contribution in [0.2, 0.25) is 9.36 Å². The Morgan fingerprint density at radius 1 is 1.19 bits per heavy atom. The van der Waals surface area contributed by atoms with Crippen LogP contribution < -0.4 is 10.0 Å². The number of halogens is 2. The molecule has 112 valence electrons. The van der Waals surface area contributed by atoms with Crippen molar-refractivity contribution in [2.24, 2.45) is 0 Å². The fourth-order valence-corrected chi connectivity index (χ4v) is 4.28. The van der Waals surface area contributed by atoms with Gasteiger partial charge in [0.15, 0.2) is 0 Å². The van der Waals surface area contributed by atoms with E-state index in [4.69, 9.17) is 23.2 Å². The molecule has 5 nitrogen and oxygen atoms in total. The van der Waals surface area contributed by atoms with Crippen LogP contribution in [0, 0.1) is 0 Å². The second kappa shape index (κ2) is 6.23. The Morgan fingerprint density at radius 2 is 1.90 bits per heavy atom. The highest BCUT2D eigenvalue weighted by atomic mass is 35.5. The Labute approximate surface area is 135 Å². The highest BCUT2D eigenvalue weighted by Gasteiger charge is 2.17. The van der Waals surface area contributed by atoms with E-state index in [0.717, 1.165) is 11.3 Å². The van der Waals surface area contributed by atoms with Crippen molar-refractivity contribution in [3.05, 3.63) is 39.7 Å². The summed E-state index contributed by atoms with van der Waals surface area (Å²) in [4.78, 5) is 11.0. The standard InChI is InChI=1S/C12H10Cl2N2O3S2/c1-7(17)15-10-3-2-8(6-9(10)13)16-21(18,19)12-5-4-11(14)20-12/h2-6,16H,1H3,(H,15,17). The van der Waals surface area contributed by atoms with E-state index in [-0.39, 0.29) is 15.1 Å². The zero-order chi connectivity index (χ0) is 15.6. The summed E-state index contributed by atoms with van der Waals surface area (Å²) in [5, 5.41) is 2.77. The largest absolute Gasteiger partial charge is 0.325 e. The summed E-state index contributed by atoms with van der Waals surface area (Å²) in [6.07, 6.45) is 0. The fourth-order valence-electron chi connectivity index (χ4n) is 1.52. The number of nitrogens with one attached hydrogen (secondary N) is 2. The molecule has 0 spiro atoms. The maximum atomic E-state index is 12.1. The van der Waals surface area contributed by atoms with E-state index in [1.54, 1.807) is 0 Å². The van der Waals surface area contributed by atoms with Gasteiger partial charge in [-0.1, -0.05) is 23.2 Å². The average Bonchev–Trinajstić information content (AvgIpc) is 2.79. The van der Waals surface area contributed by atoms with Crippen LogP contribution in [0.15, 0.2) is 34.5 Å². The quantitative estimate of drug-likeness (QED) is 0.865. The van der Waals surface area contributed by atoms with E-state index in [2.05, 4.69) is 10.0 Å². The summed E-state index contributed by atoms with van der Waals surface area (Å²) in [6, 6.07) is 7.36. The van der Waals surface area contributed by atoms with Gasteiger partial charge in [0.25, 0.3) is 10.0 Å². The highest BCUT2D eigenvalue weighted by molar-refractivity contribution is 7.94. The summed E-state index contributed by atoms with van der Waals surface area (Å²) in [5.74, 6) is -0.265. The van der Waals surface area contributed by atoms with Crippen LogP contribution in [0.5, 0.6) is 0 Å². The van der Waals surface area contributed by atoms with Crippen molar-refractivity contribution in [2.45, 2.75) is 11.1 Å². The first-order valence-corrected chi connectivity index (χ1v) is 8.69. The maximum Gasteiger partial charge on any atom is 0.271 e. The predicted octanol–water partition coefficient (Wildman–Crippen LogP) is 3.81. The third-order valence-corrected chi connectivity index (χ3v) is 5.76. The van der Waals surface area contributed by atoms with Gasteiger partial charge in [-0.3, -0.25) is 9.52 Å². The van der Waals surface area contributed by atoms with Crippen LogP contribution in [0.4, 0.5) is 11.4 Å². The lowest BCUT2D eigenvalue weighted by Crippen LogP contribution is -2.12. The molecule has 2 N–H and O–H groups in total. The molecular weight excluding hydrogens is 355 g/mol. The summed E-state index contributed by atoms with van der Waals surface area (Å²) < 4.78 is 27.1. The lowest BCUT2D eigenvalue weighted by Gasteiger charge is -2.09. The molecule has 21 heavy (non-hydrogen) atoms. The molecule has 0 unspecified atom stereocenters. The molecule has 1 aromatic carbocycles. The number of benzene rings is 1. The number of carbonyl (C=O) groups excluding carboxylic acids is 1. The van der Waals surface area contributed by atoms with Gasteiger partial charge in [-0.25, -0.2) is 8.42 Å². The highest BCUT2D eigenvalue weighted by Crippen LogP contribution is 2.30. The van der Waals surface area contributed by atoms with Crippen LogP contribution in [-0.4, -0.2) is 14.3 Å². The molecule has 2 rings (SSSR count). The van der Waals surface area contributed by atoms with Crippen LogP contribution >= 0.6 is 34.5 Å². The number of thiophene rings is 1. The lowest BCUT2D eigenvalue weighted by molar-refractivity contribution is -0.114. The van der Waals surface area contributed by atoms with E-state index in [1.165, 1.54) is 37.3 Å². The molecule has 0 aliphatic carbocycles. The van der Waals surface area contributed by atoms with Gasteiger partial charge >= 0.3 is 0 Å². The van der Waals surface area contributed by atoms with E-state index < -0.39 is 10.0 Å². The van der Waals surface area contributed by atoms with Gasteiger partial charge in [-0.2, -0.15) is 0 Å². The zero-order valence-electron chi connectivity index (χ0n) is 10.7. The Bertz CT molecular complexity index is 788. The van der Waals surface area contributed by atoms with Gasteiger partial charge in [-0.05, 0) is 30.3 Å². The molecule has 1 amide bonds. The smallest absolute Gasteiger partial charge is 0.271 e. The van der Waals surface area contributed by atoms with E-state index in [9.17, 15) is 13.2 Å². The second-order valence-electron chi connectivity index (χ2n) is 4.04. The first kappa shape index (κ1) is 16.1. The van der Waals surface area contributed by atoms with Crippen LogP contribution in [0.3, 0.4) is 0 Å². The lowest BCUT2D eigenvalue weighted by atomic mass is 10.3. The van der Waals surface area contributed by atoms with Crippen LogP contribution in [-0.2, 0) is 14.8 Å². The number of hydrogen-bond acceptors (Lipinski definition) is 4. The molecule has 0 radical (unpaired) electrons. The predicted molar refractivity (Wildman–Crippen MR) is 85.9 cm³/mol. The normalized spacial score (nSPS) is 11.2. The van der Waals surface area contributed by atoms with E-state index in [1.807, 2.05) is 0 Å². The number of sulfonamides is 1. The summed E-state index contributed by atoms with van der Waals surface area (Å²) >= 11 is 12.7. The molecule has 0 fully saturated rings. The number of carbonyl (C=O) groups is 1. The van der Waals surface area contributed by atoms with Crippen molar-refractivity contribution < 1.29 is 13.2 Å². The molecule has 0 saturated heterocycles. The molecule has 9 heteroatoms. The minimum absolute atomic E-state index is 0.106. The summed E-state index contributed by atoms with van der Waals surface area (Å²) in [6.45, 7) is 1.35. The second-order valence-corrected chi connectivity index (χ2v) is 8.07. The molecule has 0 aliphatic heterocycles. The molecule has 0 atom stereocenters. The third kappa shape index (κ3) is 4.10. The maximum absolute atomic E-state index is 12.1. The van der Waals surface area contributed by atoms with Crippen molar-refractivity contribution in [2.75, 3.05) is 10.0 Å². The molecule has 1 heterocycles. The first-order valence-electron chi connectivity index (χ1n) is 5.63. The van der Waals surface area contributed by atoms with Crippen molar-refractivity contribution in [3.8, 4) is 0 Å². The number of rotatable bonds is 4. The van der Waals surface area contributed by atoms with Gasteiger partial charge in [0.1, 0.15) is 4.21 Å². The van der Waals surface area contributed by atoms with Gasteiger partial charge in [0.05, 0.1) is 20.7 Å². The van der Waals surface area contributed by atoms with Crippen molar-refractivity contribution in [1.82, 2.24) is 0 Å². The number of anilines is 2. The summed E-state index contributed by atoms with van der Waals surface area (Å²) in [5.41, 5.74) is 0.699. The number of hydrogen-bond donors (Lipinski definition) is 2. The minimum atomic E-state index is -3.71. The fraction of sp³-hybridized carbons (Fsp3) is 0.0833. The van der Waals surface area contributed by atoms with E-state index in [0.29, 0.717) is 15.7 Å². The van der Waals surface area contributed by atoms with Gasteiger partial charge in [-0.15, -0.1) is 11.3 Å². The average molecular weight is 365 g/mol. The number of amides is 1. The van der Waals surface area contributed by atoms with Crippen LogP contribution in [0.1, 0.15) is 6.92 Å².